The molecule has 2 rings (SSSR count). The molecule has 1 N–H and O–H groups in total. The number of rotatable bonds is 4. The van der Waals surface area contributed by atoms with Crippen molar-refractivity contribution < 1.29 is 8.42 Å². The average Bonchev–Trinajstić information content (AvgIpc) is 2.42. The van der Waals surface area contributed by atoms with Crippen LogP contribution in [0.2, 0.25) is 0 Å². The van der Waals surface area contributed by atoms with Crippen molar-refractivity contribution in [2.75, 3.05) is 26.7 Å². The van der Waals surface area contributed by atoms with Gasteiger partial charge in [0.2, 0.25) is 10.0 Å². The smallest absolute Gasteiger partial charge is 0.240 e. The van der Waals surface area contributed by atoms with Crippen molar-refractivity contribution in [1.82, 2.24) is 9.62 Å². The minimum atomic E-state index is -3.41. The zero-order valence-corrected chi connectivity index (χ0v) is 14.3. The van der Waals surface area contributed by atoms with Gasteiger partial charge in [0, 0.05) is 6.54 Å². The Labute approximate surface area is 128 Å². The maximum atomic E-state index is 12.5. The Bertz CT molecular complexity index is 603. The van der Waals surface area contributed by atoms with E-state index >= 15 is 0 Å². The van der Waals surface area contributed by atoms with E-state index in [2.05, 4.69) is 16.7 Å². The summed E-state index contributed by atoms with van der Waals surface area (Å²) >= 11 is 0. The van der Waals surface area contributed by atoms with Gasteiger partial charge in [0.25, 0.3) is 0 Å². The summed E-state index contributed by atoms with van der Waals surface area (Å²) in [5.41, 5.74) is 2.95. The van der Waals surface area contributed by atoms with Crippen LogP contribution in [0.25, 0.3) is 0 Å². The van der Waals surface area contributed by atoms with Crippen LogP contribution in [0.3, 0.4) is 0 Å². The Morgan fingerprint density at radius 1 is 1.10 bits per heavy atom. The molecule has 0 saturated carbocycles. The van der Waals surface area contributed by atoms with Gasteiger partial charge in [-0.05, 0) is 82.4 Å². The Morgan fingerprint density at radius 3 is 2.29 bits per heavy atom. The topological polar surface area (TPSA) is 49.4 Å². The van der Waals surface area contributed by atoms with Gasteiger partial charge < -0.3 is 4.90 Å². The molecule has 0 radical (unpaired) electrons. The first-order chi connectivity index (χ1) is 9.79. The van der Waals surface area contributed by atoms with E-state index in [9.17, 15) is 8.42 Å². The van der Waals surface area contributed by atoms with E-state index in [4.69, 9.17) is 0 Å². The predicted molar refractivity (Wildman–Crippen MR) is 86.1 cm³/mol. The number of nitrogens with zero attached hydrogens (tertiary/aromatic N) is 1. The van der Waals surface area contributed by atoms with Crippen LogP contribution in [0.4, 0.5) is 0 Å². The molecule has 4 nitrogen and oxygen atoms in total. The zero-order valence-electron chi connectivity index (χ0n) is 13.4. The maximum Gasteiger partial charge on any atom is 0.240 e. The zero-order chi connectivity index (χ0) is 15.6. The molecule has 0 unspecified atom stereocenters. The molecular formula is C16H26N2O2S. The molecular weight excluding hydrogens is 284 g/mol. The van der Waals surface area contributed by atoms with Crippen LogP contribution >= 0.6 is 0 Å². The van der Waals surface area contributed by atoms with Gasteiger partial charge in [-0.1, -0.05) is 6.07 Å². The molecule has 1 aromatic rings. The molecule has 1 aliphatic heterocycles. The van der Waals surface area contributed by atoms with E-state index in [-0.39, 0.29) is 0 Å². The summed E-state index contributed by atoms with van der Waals surface area (Å²) in [5, 5.41) is 0. The van der Waals surface area contributed by atoms with E-state index in [1.807, 2.05) is 26.8 Å². The highest BCUT2D eigenvalue weighted by Crippen LogP contribution is 2.21. The molecule has 0 spiro atoms. The van der Waals surface area contributed by atoms with E-state index in [1.165, 1.54) is 0 Å². The standard InChI is InChI=1S/C16H26N2O2S/c1-12-9-14(3)16(10-13(12)2)21(19,20)17-11-15-5-7-18(4)8-6-15/h9-10,15,17H,5-8,11H2,1-4H3. The van der Waals surface area contributed by atoms with E-state index < -0.39 is 10.0 Å². The molecule has 118 valence electrons. The number of hydrogen-bond acceptors (Lipinski definition) is 3. The number of nitrogens with one attached hydrogen (secondary N) is 1. The Morgan fingerprint density at radius 2 is 1.67 bits per heavy atom. The summed E-state index contributed by atoms with van der Waals surface area (Å²) in [7, 11) is -1.30. The van der Waals surface area contributed by atoms with Gasteiger partial charge in [-0.25, -0.2) is 13.1 Å². The SMILES string of the molecule is Cc1cc(C)c(S(=O)(=O)NCC2CCN(C)CC2)cc1C. The van der Waals surface area contributed by atoms with Crippen molar-refractivity contribution >= 4 is 10.0 Å². The maximum absolute atomic E-state index is 12.5. The van der Waals surface area contributed by atoms with Crippen LogP contribution in [0.15, 0.2) is 17.0 Å². The Hall–Kier alpha value is -0.910. The molecule has 1 aromatic carbocycles. The number of hydrogen-bond donors (Lipinski definition) is 1. The van der Waals surface area contributed by atoms with Crippen LogP contribution in [-0.2, 0) is 10.0 Å². The van der Waals surface area contributed by atoms with Gasteiger partial charge in [0.15, 0.2) is 0 Å². The summed E-state index contributed by atoms with van der Waals surface area (Å²) in [6, 6.07) is 3.72. The molecule has 21 heavy (non-hydrogen) atoms. The second kappa shape index (κ2) is 6.46. The Balaban J connectivity index is 2.07. The van der Waals surface area contributed by atoms with Crippen LogP contribution < -0.4 is 4.72 Å². The van der Waals surface area contributed by atoms with Gasteiger partial charge in [0.05, 0.1) is 4.90 Å². The molecule has 1 heterocycles. The van der Waals surface area contributed by atoms with E-state index in [0.717, 1.165) is 42.6 Å². The third-order valence-corrected chi connectivity index (χ3v) is 6.05. The van der Waals surface area contributed by atoms with Crippen molar-refractivity contribution in [2.45, 2.75) is 38.5 Å². The first-order valence-electron chi connectivity index (χ1n) is 7.55. The van der Waals surface area contributed by atoms with Crippen LogP contribution in [0.5, 0.6) is 0 Å². The van der Waals surface area contributed by atoms with E-state index in [1.54, 1.807) is 6.07 Å². The van der Waals surface area contributed by atoms with Crippen molar-refractivity contribution in [3.8, 4) is 0 Å². The Kier molecular flexibility index (Phi) is 5.07. The summed E-state index contributed by atoms with van der Waals surface area (Å²) in [6.45, 7) is 8.46. The molecule has 0 aliphatic carbocycles. The second-order valence-corrected chi connectivity index (χ2v) is 8.04. The number of aryl methyl sites for hydroxylation is 3. The van der Waals surface area contributed by atoms with Crippen LogP contribution in [0.1, 0.15) is 29.5 Å². The quantitative estimate of drug-likeness (QED) is 0.928. The normalized spacial score (nSPS) is 18.1. The molecule has 1 aliphatic rings. The predicted octanol–water partition coefficient (Wildman–Crippen LogP) is 2.23. The molecule has 1 saturated heterocycles. The molecule has 0 bridgehead atoms. The monoisotopic (exact) mass is 310 g/mol. The highest BCUT2D eigenvalue weighted by molar-refractivity contribution is 7.89. The van der Waals surface area contributed by atoms with Crippen molar-refractivity contribution in [3.05, 3.63) is 28.8 Å². The average molecular weight is 310 g/mol. The largest absolute Gasteiger partial charge is 0.306 e. The molecule has 1 fully saturated rings. The number of likely N-dealkylation sites (tertiary alicyclic amines) is 1. The summed E-state index contributed by atoms with van der Waals surface area (Å²) in [6.07, 6.45) is 2.12. The van der Waals surface area contributed by atoms with Crippen molar-refractivity contribution in [3.63, 3.8) is 0 Å². The van der Waals surface area contributed by atoms with Gasteiger partial charge in [-0.3, -0.25) is 0 Å². The fourth-order valence-corrected chi connectivity index (χ4v) is 4.22. The minimum Gasteiger partial charge on any atom is -0.306 e. The first-order valence-corrected chi connectivity index (χ1v) is 9.04. The summed E-state index contributed by atoms with van der Waals surface area (Å²) in [5.74, 6) is 0.447. The molecule has 0 amide bonds. The number of piperidine rings is 1. The lowest BCUT2D eigenvalue weighted by atomic mass is 9.98. The summed E-state index contributed by atoms with van der Waals surface area (Å²) < 4.78 is 27.8. The lowest BCUT2D eigenvalue weighted by molar-refractivity contribution is 0.220. The van der Waals surface area contributed by atoms with E-state index in [0.29, 0.717) is 17.4 Å². The fourth-order valence-electron chi connectivity index (χ4n) is 2.80. The van der Waals surface area contributed by atoms with Crippen molar-refractivity contribution in [1.29, 1.82) is 0 Å². The van der Waals surface area contributed by atoms with Gasteiger partial charge in [-0.2, -0.15) is 0 Å². The summed E-state index contributed by atoms with van der Waals surface area (Å²) in [4.78, 5) is 2.71. The number of benzene rings is 1. The molecule has 0 aromatic heterocycles. The van der Waals surface area contributed by atoms with Crippen molar-refractivity contribution in [2.24, 2.45) is 5.92 Å². The highest BCUT2D eigenvalue weighted by Gasteiger charge is 2.22. The lowest BCUT2D eigenvalue weighted by Crippen LogP contribution is -2.37. The van der Waals surface area contributed by atoms with Gasteiger partial charge in [0.1, 0.15) is 0 Å². The molecule has 5 heteroatoms. The highest BCUT2D eigenvalue weighted by atomic mass is 32.2. The lowest BCUT2D eigenvalue weighted by Gasteiger charge is -2.29. The van der Waals surface area contributed by atoms with Crippen LogP contribution in [-0.4, -0.2) is 40.0 Å². The second-order valence-electron chi connectivity index (χ2n) is 6.30. The van der Waals surface area contributed by atoms with Gasteiger partial charge in [-0.15, -0.1) is 0 Å². The third-order valence-electron chi connectivity index (χ3n) is 4.48. The van der Waals surface area contributed by atoms with Crippen LogP contribution in [0, 0.1) is 26.7 Å². The molecule has 0 atom stereocenters. The fraction of sp³-hybridized carbons (Fsp3) is 0.625. The van der Waals surface area contributed by atoms with Gasteiger partial charge >= 0.3 is 0 Å². The third kappa shape index (κ3) is 4.05. The number of sulfonamides is 1. The minimum absolute atomic E-state index is 0.415. The first kappa shape index (κ1) is 16.5.